The highest BCUT2D eigenvalue weighted by atomic mass is 32.1. The highest BCUT2D eigenvalue weighted by Gasteiger charge is 2.00. The van der Waals surface area contributed by atoms with Crippen molar-refractivity contribution in [1.82, 2.24) is 4.90 Å². The van der Waals surface area contributed by atoms with E-state index in [0.29, 0.717) is 0 Å². The van der Waals surface area contributed by atoms with Gasteiger partial charge >= 0.3 is 0 Å². The molecule has 0 aliphatic carbocycles. The molecule has 0 radical (unpaired) electrons. The molecule has 0 aliphatic rings. The Bertz CT molecular complexity index is 106. The first-order chi connectivity index (χ1) is 6.85. The fourth-order valence-corrected chi connectivity index (χ4v) is 1.86. The lowest BCUT2D eigenvalue weighted by atomic mass is 10.2. The van der Waals surface area contributed by atoms with Crippen LogP contribution in [0.3, 0.4) is 0 Å². The van der Waals surface area contributed by atoms with Crippen molar-refractivity contribution >= 4 is 12.6 Å². The fourth-order valence-electron chi connectivity index (χ4n) is 1.64. The summed E-state index contributed by atoms with van der Waals surface area (Å²) in [5.41, 5.74) is 0. The summed E-state index contributed by atoms with van der Waals surface area (Å²) in [4.78, 5) is 2.57. The van der Waals surface area contributed by atoms with E-state index in [2.05, 4.69) is 31.4 Å². The second-order valence-electron chi connectivity index (χ2n) is 3.93. The number of hydrogen-bond donors (Lipinski definition) is 1. The van der Waals surface area contributed by atoms with Crippen LogP contribution < -0.4 is 0 Å². The molecule has 0 heterocycles. The first-order valence-electron chi connectivity index (χ1n) is 6.18. The molecule has 0 rings (SSSR count). The average molecular weight is 217 g/mol. The van der Waals surface area contributed by atoms with Crippen LogP contribution in [0.2, 0.25) is 0 Å². The van der Waals surface area contributed by atoms with Gasteiger partial charge < -0.3 is 4.90 Å². The molecule has 0 bridgehead atoms. The van der Waals surface area contributed by atoms with Crippen LogP contribution in [0.4, 0.5) is 0 Å². The van der Waals surface area contributed by atoms with Gasteiger partial charge in [-0.2, -0.15) is 12.6 Å². The van der Waals surface area contributed by atoms with Gasteiger partial charge in [0.25, 0.3) is 0 Å². The lowest BCUT2D eigenvalue weighted by Crippen LogP contribution is -2.25. The summed E-state index contributed by atoms with van der Waals surface area (Å²) >= 11 is 4.23. The summed E-state index contributed by atoms with van der Waals surface area (Å²) in [5, 5.41) is 0. The van der Waals surface area contributed by atoms with E-state index >= 15 is 0 Å². The molecular weight excluding hydrogens is 190 g/mol. The second kappa shape index (κ2) is 11.4. The zero-order valence-electron chi connectivity index (χ0n) is 9.97. The maximum atomic E-state index is 4.23. The molecule has 0 aromatic carbocycles. The number of unbranched alkanes of at least 4 members (excludes halogenated alkanes) is 4. The van der Waals surface area contributed by atoms with Gasteiger partial charge in [0.2, 0.25) is 0 Å². The molecule has 0 saturated heterocycles. The monoisotopic (exact) mass is 217 g/mol. The quantitative estimate of drug-likeness (QED) is 0.432. The van der Waals surface area contributed by atoms with Crippen molar-refractivity contribution in [2.24, 2.45) is 0 Å². The molecule has 0 aromatic rings. The lowest BCUT2D eigenvalue weighted by Gasteiger charge is -2.19. The Morgan fingerprint density at radius 1 is 0.857 bits per heavy atom. The topological polar surface area (TPSA) is 3.24 Å². The van der Waals surface area contributed by atoms with Crippen molar-refractivity contribution in [2.45, 2.75) is 52.4 Å². The molecule has 1 nitrogen and oxygen atoms in total. The van der Waals surface area contributed by atoms with Gasteiger partial charge in [-0.1, -0.05) is 33.1 Å². The number of nitrogens with zero attached hydrogens (tertiary/aromatic N) is 1. The minimum absolute atomic E-state index is 1.04. The van der Waals surface area contributed by atoms with E-state index in [4.69, 9.17) is 0 Å². The van der Waals surface area contributed by atoms with Crippen LogP contribution in [0.5, 0.6) is 0 Å². The highest BCUT2D eigenvalue weighted by molar-refractivity contribution is 7.80. The van der Waals surface area contributed by atoms with Crippen molar-refractivity contribution in [1.29, 1.82) is 0 Å². The molecule has 0 N–H and O–H groups in total. The Morgan fingerprint density at radius 2 is 1.50 bits per heavy atom. The summed E-state index contributed by atoms with van der Waals surface area (Å²) in [6, 6.07) is 0. The SMILES string of the molecule is CCCCCCN(CC)CCCCS. The third-order valence-electron chi connectivity index (χ3n) is 2.66. The van der Waals surface area contributed by atoms with Gasteiger partial charge in [0.05, 0.1) is 0 Å². The van der Waals surface area contributed by atoms with Crippen molar-refractivity contribution < 1.29 is 0 Å². The molecule has 0 atom stereocenters. The molecule has 14 heavy (non-hydrogen) atoms. The van der Waals surface area contributed by atoms with E-state index in [1.54, 1.807) is 0 Å². The normalized spacial score (nSPS) is 11.1. The van der Waals surface area contributed by atoms with Crippen LogP contribution in [0.15, 0.2) is 0 Å². The third-order valence-corrected chi connectivity index (χ3v) is 2.97. The van der Waals surface area contributed by atoms with Crippen LogP contribution in [-0.4, -0.2) is 30.3 Å². The third kappa shape index (κ3) is 8.89. The second-order valence-corrected chi connectivity index (χ2v) is 4.37. The Hall–Kier alpha value is 0.310. The minimum Gasteiger partial charge on any atom is -0.304 e. The van der Waals surface area contributed by atoms with Crippen LogP contribution in [0.25, 0.3) is 0 Å². The van der Waals surface area contributed by atoms with Crippen molar-refractivity contribution in [3.63, 3.8) is 0 Å². The van der Waals surface area contributed by atoms with Gasteiger partial charge in [-0.3, -0.25) is 0 Å². The van der Waals surface area contributed by atoms with Crippen LogP contribution in [0.1, 0.15) is 52.4 Å². The maximum Gasteiger partial charge on any atom is -0.00186 e. The van der Waals surface area contributed by atoms with Gasteiger partial charge in [-0.05, 0) is 44.6 Å². The van der Waals surface area contributed by atoms with Gasteiger partial charge in [0.15, 0.2) is 0 Å². The summed E-state index contributed by atoms with van der Waals surface area (Å²) in [7, 11) is 0. The Labute approximate surface area is 95.7 Å². The zero-order chi connectivity index (χ0) is 10.6. The van der Waals surface area contributed by atoms with Gasteiger partial charge in [-0.15, -0.1) is 0 Å². The summed E-state index contributed by atoms with van der Waals surface area (Å²) in [5.74, 6) is 1.04. The van der Waals surface area contributed by atoms with E-state index in [1.165, 1.54) is 58.2 Å². The zero-order valence-corrected chi connectivity index (χ0v) is 10.9. The minimum atomic E-state index is 1.04. The lowest BCUT2D eigenvalue weighted by molar-refractivity contribution is 0.277. The van der Waals surface area contributed by atoms with Crippen molar-refractivity contribution in [2.75, 3.05) is 25.4 Å². The molecule has 0 aromatic heterocycles. The molecule has 0 aliphatic heterocycles. The molecule has 86 valence electrons. The average Bonchev–Trinajstić information content (AvgIpc) is 2.22. The molecule has 0 fully saturated rings. The Balaban J connectivity index is 3.28. The van der Waals surface area contributed by atoms with Crippen LogP contribution in [0, 0.1) is 0 Å². The predicted octanol–water partition coefficient (Wildman–Crippen LogP) is 3.60. The molecular formula is C12H27NS. The molecule has 0 saturated carbocycles. The standard InChI is InChI=1S/C12H27NS/c1-3-5-6-7-10-13(4-2)11-8-9-12-14/h14H,3-12H2,1-2H3. The predicted molar refractivity (Wildman–Crippen MR) is 69.3 cm³/mol. The summed E-state index contributed by atoms with van der Waals surface area (Å²) in [6.45, 7) is 8.30. The van der Waals surface area contributed by atoms with Gasteiger partial charge in [-0.25, -0.2) is 0 Å². The molecule has 2 heteroatoms. The van der Waals surface area contributed by atoms with E-state index in [-0.39, 0.29) is 0 Å². The van der Waals surface area contributed by atoms with Gasteiger partial charge in [0.1, 0.15) is 0 Å². The van der Waals surface area contributed by atoms with Crippen molar-refractivity contribution in [3.05, 3.63) is 0 Å². The Morgan fingerprint density at radius 3 is 2.00 bits per heavy atom. The van der Waals surface area contributed by atoms with Gasteiger partial charge in [0, 0.05) is 0 Å². The molecule has 0 unspecified atom stereocenters. The number of thiol groups is 1. The highest BCUT2D eigenvalue weighted by Crippen LogP contribution is 2.03. The number of hydrogen-bond acceptors (Lipinski definition) is 2. The first-order valence-corrected chi connectivity index (χ1v) is 6.81. The van der Waals surface area contributed by atoms with Crippen LogP contribution in [-0.2, 0) is 0 Å². The number of rotatable bonds is 10. The van der Waals surface area contributed by atoms with E-state index < -0.39 is 0 Å². The largest absolute Gasteiger partial charge is 0.304 e. The van der Waals surface area contributed by atoms with E-state index in [0.717, 1.165) is 5.75 Å². The van der Waals surface area contributed by atoms with Crippen molar-refractivity contribution in [3.8, 4) is 0 Å². The summed E-state index contributed by atoms with van der Waals surface area (Å²) < 4.78 is 0. The molecule has 0 amide bonds. The first kappa shape index (κ1) is 14.3. The maximum absolute atomic E-state index is 4.23. The van der Waals surface area contributed by atoms with E-state index in [9.17, 15) is 0 Å². The fraction of sp³-hybridized carbons (Fsp3) is 1.00. The molecule has 0 spiro atoms. The summed E-state index contributed by atoms with van der Waals surface area (Å²) in [6.07, 6.45) is 8.09. The smallest absolute Gasteiger partial charge is 0.00186 e. The van der Waals surface area contributed by atoms with E-state index in [1.807, 2.05) is 0 Å². The van der Waals surface area contributed by atoms with Crippen LogP contribution >= 0.6 is 12.6 Å². The Kier molecular flexibility index (Phi) is 11.6.